The van der Waals surface area contributed by atoms with Crippen molar-refractivity contribution in [1.82, 2.24) is 0 Å². The molecule has 1 aromatic carbocycles. The molecule has 0 aliphatic heterocycles. The number of benzene rings is 1. The molecule has 9 heteroatoms. The molecule has 20 heavy (non-hydrogen) atoms. The number of alkyl halides is 5. The number of rotatable bonds is 4. The number of hydrogen-bond acceptors (Lipinski definition) is 3. The van der Waals surface area contributed by atoms with Crippen LogP contribution in [-0.2, 0) is 4.79 Å². The number of anilines is 1. The number of para-hydroxylation sites is 2. The van der Waals surface area contributed by atoms with E-state index in [1.807, 2.05) is 0 Å². The molecule has 0 spiro atoms. The summed E-state index contributed by atoms with van der Waals surface area (Å²) in [5.74, 6) is -8.26. The normalized spacial score (nSPS) is 11.6. The summed E-state index contributed by atoms with van der Waals surface area (Å²) >= 11 is 0. The maximum Gasteiger partial charge on any atom is 0.463 e. The molecule has 0 saturated heterocycles. The summed E-state index contributed by atoms with van der Waals surface area (Å²) in [5.41, 5.74) is -0.392. The van der Waals surface area contributed by atoms with Crippen molar-refractivity contribution in [3.63, 3.8) is 0 Å². The summed E-state index contributed by atoms with van der Waals surface area (Å²) in [7, 11) is 0. The van der Waals surface area contributed by atoms with Crippen LogP contribution in [-0.4, -0.2) is 24.6 Å². The van der Waals surface area contributed by atoms with Gasteiger partial charge in [0.15, 0.2) is 6.61 Å². The predicted octanol–water partition coefficient (Wildman–Crippen LogP) is 2.73. The van der Waals surface area contributed by atoms with Gasteiger partial charge in [0.1, 0.15) is 11.8 Å². The molecule has 0 heterocycles. The monoisotopic (exact) mass is 294 g/mol. The van der Waals surface area contributed by atoms with Crippen LogP contribution in [0.15, 0.2) is 24.3 Å². The van der Waals surface area contributed by atoms with Crippen LogP contribution in [0, 0.1) is 11.3 Å². The second kappa shape index (κ2) is 5.73. The number of amides is 1. The Morgan fingerprint density at radius 2 is 1.85 bits per heavy atom. The fraction of sp³-hybridized carbons (Fsp3) is 0.273. The minimum Gasteiger partial charge on any atom is -0.477 e. The molecule has 0 atom stereocenters. The van der Waals surface area contributed by atoms with E-state index in [2.05, 4.69) is 0 Å². The molecule has 0 aliphatic rings. The van der Waals surface area contributed by atoms with Crippen molar-refractivity contribution in [3.8, 4) is 11.8 Å². The molecule has 0 radical (unpaired) electrons. The van der Waals surface area contributed by atoms with E-state index >= 15 is 0 Å². The molecule has 0 bridgehead atoms. The fourth-order valence-corrected chi connectivity index (χ4v) is 1.14. The van der Waals surface area contributed by atoms with Crippen LogP contribution in [0.5, 0.6) is 5.75 Å². The van der Waals surface area contributed by atoms with Crippen LogP contribution in [0.4, 0.5) is 27.6 Å². The van der Waals surface area contributed by atoms with E-state index in [0.717, 1.165) is 6.07 Å². The van der Waals surface area contributed by atoms with Crippen molar-refractivity contribution < 1.29 is 31.5 Å². The first-order valence-electron chi connectivity index (χ1n) is 5.05. The number of halogens is 5. The summed E-state index contributed by atoms with van der Waals surface area (Å²) in [4.78, 5) is 11.0. The Morgan fingerprint density at radius 3 is 2.40 bits per heavy atom. The molecular formula is C11H7F5N2O2. The number of hydrogen-bond donors (Lipinski definition) is 1. The number of carbonyl (C=O) groups is 1. The van der Waals surface area contributed by atoms with Crippen molar-refractivity contribution in [3.05, 3.63) is 24.3 Å². The Labute approximate surface area is 109 Å². The second-order valence-corrected chi connectivity index (χ2v) is 3.47. The molecule has 0 saturated carbocycles. The largest absolute Gasteiger partial charge is 0.477 e. The summed E-state index contributed by atoms with van der Waals surface area (Å²) in [6.45, 7) is -0.456. The van der Waals surface area contributed by atoms with Gasteiger partial charge in [-0.25, -0.2) is 0 Å². The molecule has 108 valence electrons. The molecule has 0 aliphatic carbocycles. The highest BCUT2D eigenvalue weighted by atomic mass is 19.4. The van der Waals surface area contributed by atoms with Gasteiger partial charge in [0, 0.05) is 0 Å². The van der Waals surface area contributed by atoms with Crippen LogP contribution in [0.1, 0.15) is 0 Å². The molecule has 4 nitrogen and oxygen atoms in total. The molecule has 0 aromatic heterocycles. The molecule has 1 aromatic rings. The molecule has 0 fully saturated rings. The third-order valence-electron chi connectivity index (χ3n) is 2.07. The lowest BCUT2D eigenvalue weighted by Gasteiger charge is -2.19. The van der Waals surface area contributed by atoms with E-state index in [9.17, 15) is 26.7 Å². The van der Waals surface area contributed by atoms with Crippen LogP contribution < -0.4 is 10.1 Å². The Morgan fingerprint density at radius 1 is 1.25 bits per heavy atom. The third kappa shape index (κ3) is 3.34. The van der Waals surface area contributed by atoms with Crippen molar-refractivity contribution >= 4 is 11.6 Å². The van der Waals surface area contributed by atoms with Crippen LogP contribution >= 0.6 is 0 Å². The van der Waals surface area contributed by atoms with Crippen LogP contribution in [0.2, 0.25) is 0 Å². The molecule has 1 rings (SSSR count). The Bertz CT molecular complexity index is 536. The number of nitriles is 1. The maximum atomic E-state index is 12.8. The summed E-state index contributed by atoms with van der Waals surface area (Å²) < 4.78 is 66.3. The first-order chi connectivity index (χ1) is 9.20. The lowest BCUT2D eigenvalue weighted by atomic mass is 10.2. The fourth-order valence-electron chi connectivity index (χ4n) is 1.14. The van der Waals surface area contributed by atoms with Crippen molar-refractivity contribution in [2.24, 2.45) is 0 Å². The number of ether oxygens (including phenoxy) is 1. The van der Waals surface area contributed by atoms with Gasteiger partial charge in [0.2, 0.25) is 0 Å². The average molecular weight is 294 g/mol. The first-order valence-corrected chi connectivity index (χ1v) is 5.05. The van der Waals surface area contributed by atoms with Gasteiger partial charge in [0.25, 0.3) is 0 Å². The predicted molar refractivity (Wildman–Crippen MR) is 57.2 cm³/mol. The van der Waals surface area contributed by atoms with E-state index in [0.29, 0.717) is 0 Å². The highest BCUT2D eigenvalue weighted by Gasteiger charge is 2.63. The number of nitrogens with one attached hydrogen (secondary N) is 1. The third-order valence-corrected chi connectivity index (χ3v) is 2.07. The first kappa shape index (κ1) is 15.7. The molecule has 1 N–H and O–H groups in total. The van der Waals surface area contributed by atoms with Crippen LogP contribution in [0.3, 0.4) is 0 Å². The van der Waals surface area contributed by atoms with Gasteiger partial charge in [-0.1, -0.05) is 12.1 Å². The zero-order valence-electron chi connectivity index (χ0n) is 9.67. The Balaban J connectivity index is 2.94. The van der Waals surface area contributed by atoms with Gasteiger partial charge in [-0.05, 0) is 12.1 Å². The summed E-state index contributed by atoms with van der Waals surface area (Å²) in [5, 5.41) is 9.73. The standard InChI is InChI=1S/C11H7F5N2O2/c12-10(13,11(14,15)16)9(19)18-7-3-1-2-4-8(7)20-6-5-17/h1-4H,6H2,(H,18,19). The van der Waals surface area contributed by atoms with E-state index < -0.39 is 30.3 Å². The van der Waals surface area contributed by atoms with Gasteiger partial charge >= 0.3 is 18.0 Å². The number of nitrogens with zero attached hydrogens (tertiary/aromatic N) is 1. The highest BCUT2D eigenvalue weighted by Crippen LogP contribution is 2.37. The van der Waals surface area contributed by atoms with Gasteiger partial charge < -0.3 is 10.1 Å². The SMILES string of the molecule is N#CCOc1ccccc1NC(=O)C(F)(F)C(F)(F)F. The smallest absolute Gasteiger partial charge is 0.463 e. The molecular weight excluding hydrogens is 287 g/mol. The van der Waals surface area contributed by atoms with Crippen molar-refractivity contribution in [2.75, 3.05) is 11.9 Å². The Kier molecular flexibility index (Phi) is 4.49. The molecule has 0 unspecified atom stereocenters. The zero-order valence-corrected chi connectivity index (χ0v) is 9.67. The Hall–Kier alpha value is -2.37. The second-order valence-electron chi connectivity index (χ2n) is 3.47. The maximum absolute atomic E-state index is 12.8. The number of carbonyl (C=O) groups excluding carboxylic acids is 1. The molecule has 1 amide bonds. The van der Waals surface area contributed by atoms with Crippen LogP contribution in [0.25, 0.3) is 0 Å². The van der Waals surface area contributed by atoms with Crippen molar-refractivity contribution in [2.45, 2.75) is 12.1 Å². The van der Waals surface area contributed by atoms with Gasteiger partial charge in [0.05, 0.1) is 5.69 Å². The van der Waals surface area contributed by atoms with Crippen molar-refractivity contribution in [1.29, 1.82) is 5.26 Å². The quantitative estimate of drug-likeness (QED) is 0.868. The van der Waals surface area contributed by atoms with E-state index in [1.54, 1.807) is 6.07 Å². The zero-order chi connectivity index (χ0) is 15.4. The van der Waals surface area contributed by atoms with Gasteiger partial charge in [-0.15, -0.1) is 0 Å². The van der Waals surface area contributed by atoms with E-state index in [-0.39, 0.29) is 5.75 Å². The minimum atomic E-state index is -6.00. The summed E-state index contributed by atoms with van der Waals surface area (Å²) in [6, 6.07) is 6.55. The minimum absolute atomic E-state index is 0.194. The highest BCUT2D eigenvalue weighted by molar-refractivity contribution is 5.97. The lowest BCUT2D eigenvalue weighted by Crippen LogP contribution is -2.47. The lowest BCUT2D eigenvalue weighted by molar-refractivity contribution is -0.267. The van der Waals surface area contributed by atoms with Gasteiger partial charge in [-0.3, -0.25) is 4.79 Å². The van der Waals surface area contributed by atoms with Gasteiger partial charge in [-0.2, -0.15) is 27.2 Å². The van der Waals surface area contributed by atoms with E-state index in [4.69, 9.17) is 10.00 Å². The topological polar surface area (TPSA) is 62.1 Å². The average Bonchev–Trinajstić information content (AvgIpc) is 2.36. The summed E-state index contributed by atoms with van der Waals surface area (Å²) in [6.07, 6.45) is -6.00. The van der Waals surface area contributed by atoms with E-state index in [1.165, 1.54) is 23.5 Å².